The van der Waals surface area contributed by atoms with E-state index in [9.17, 15) is 22.8 Å². The summed E-state index contributed by atoms with van der Waals surface area (Å²) in [4.78, 5) is 26.4. The van der Waals surface area contributed by atoms with E-state index in [1.165, 1.54) is 0 Å². The predicted octanol–water partition coefficient (Wildman–Crippen LogP) is 1.55. The maximum absolute atomic E-state index is 12.3. The number of rotatable bonds is 5. The number of aryl methyl sites for hydroxylation is 1. The van der Waals surface area contributed by atoms with Gasteiger partial charge in [-0.2, -0.15) is 13.2 Å². The largest absolute Gasteiger partial charge is 0.480 e. The van der Waals surface area contributed by atoms with Crippen LogP contribution < -0.4 is 5.32 Å². The van der Waals surface area contributed by atoms with E-state index >= 15 is 0 Å². The van der Waals surface area contributed by atoms with Crippen LogP contribution in [0.3, 0.4) is 0 Å². The summed E-state index contributed by atoms with van der Waals surface area (Å²) in [5.74, 6) is -1.52. The van der Waals surface area contributed by atoms with Crippen molar-refractivity contribution in [1.82, 2.24) is 15.2 Å². The summed E-state index contributed by atoms with van der Waals surface area (Å²) in [5, 5.41) is 10.8. The standard InChI is InChI=1S/C12H14F3N3O3/c1-8-3-2-4-9(17-8)5-16-11(21)18(6-10(19)20)7-12(13,14)15/h2-4H,5-7H2,1H3,(H,16,21)(H,19,20). The number of carbonyl (C=O) groups excluding carboxylic acids is 1. The molecule has 1 rings (SSSR count). The molecule has 0 saturated carbocycles. The monoisotopic (exact) mass is 305 g/mol. The van der Waals surface area contributed by atoms with Gasteiger partial charge in [-0.25, -0.2) is 4.79 Å². The van der Waals surface area contributed by atoms with Gasteiger partial charge in [-0.05, 0) is 19.1 Å². The summed E-state index contributed by atoms with van der Waals surface area (Å²) in [6, 6.07) is 3.90. The molecule has 2 N–H and O–H groups in total. The first-order valence-corrected chi connectivity index (χ1v) is 5.91. The summed E-state index contributed by atoms with van der Waals surface area (Å²) >= 11 is 0. The number of nitrogens with zero attached hydrogens (tertiary/aromatic N) is 2. The topological polar surface area (TPSA) is 82.5 Å². The van der Waals surface area contributed by atoms with E-state index < -0.39 is 31.3 Å². The van der Waals surface area contributed by atoms with Crippen LogP contribution >= 0.6 is 0 Å². The highest BCUT2D eigenvalue weighted by Crippen LogP contribution is 2.16. The van der Waals surface area contributed by atoms with Crippen LogP contribution in [0.25, 0.3) is 0 Å². The van der Waals surface area contributed by atoms with Crippen molar-refractivity contribution < 1.29 is 27.9 Å². The first kappa shape index (κ1) is 16.7. The van der Waals surface area contributed by atoms with Crippen LogP contribution in [-0.4, -0.2) is 46.3 Å². The summed E-state index contributed by atoms with van der Waals surface area (Å²) in [6.45, 7) is -1.03. The SMILES string of the molecule is Cc1cccc(CNC(=O)N(CC(=O)O)CC(F)(F)F)n1. The van der Waals surface area contributed by atoms with Gasteiger partial charge in [0.15, 0.2) is 0 Å². The lowest BCUT2D eigenvalue weighted by Crippen LogP contribution is -2.46. The number of aliphatic carboxylic acids is 1. The molecule has 0 fully saturated rings. The molecule has 6 nitrogen and oxygen atoms in total. The highest BCUT2D eigenvalue weighted by atomic mass is 19.4. The molecule has 1 aromatic heterocycles. The van der Waals surface area contributed by atoms with Crippen LogP contribution in [-0.2, 0) is 11.3 Å². The number of pyridine rings is 1. The van der Waals surface area contributed by atoms with Crippen molar-refractivity contribution in [2.45, 2.75) is 19.6 Å². The number of halogens is 3. The fourth-order valence-corrected chi connectivity index (χ4v) is 1.56. The quantitative estimate of drug-likeness (QED) is 0.864. The van der Waals surface area contributed by atoms with Gasteiger partial charge in [-0.15, -0.1) is 0 Å². The van der Waals surface area contributed by atoms with Gasteiger partial charge in [-0.3, -0.25) is 9.78 Å². The van der Waals surface area contributed by atoms with Gasteiger partial charge in [0.1, 0.15) is 13.1 Å². The number of alkyl halides is 3. The van der Waals surface area contributed by atoms with Gasteiger partial charge >= 0.3 is 18.2 Å². The van der Waals surface area contributed by atoms with Crippen LogP contribution in [0.5, 0.6) is 0 Å². The molecule has 9 heteroatoms. The molecular formula is C12H14F3N3O3. The van der Waals surface area contributed by atoms with E-state index in [2.05, 4.69) is 10.3 Å². The van der Waals surface area contributed by atoms with Crippen molar-refractivity contribution in [2.75, 3.05) is 13.1 Å². The minimum Gasteiger partial charge on any atom is -0.480 e. The van der Waals surface area contributed by atoms with Gasteiger partial charge in [-0.1, -0.05) is 6.07 Å². The number of hydrogen-bond acceptors (Lipinski definition) is 3. The van der Waals surface area contributed by atoms with Crippen LogP contribution in [0.15, 0.2) is 18.2 Å². The van der Waals surface area contributed by atoms with Crippen molar-refractivity contribution in [3.8, 4) is 0 Å². The molecule has 0 aliphatic rings. The molecule has 0 aliphatic carbocycles. The molecule has 0 bridgehead atoms. The maximum Gasteiger partial charge on any atom is 0.406 e. The molecule has 2 amide bonds. The summed E-state index contributed by atoms with van der Waals surface area (Å²) in [5.41, 5.74) is 1.16. The number of nitrogens with one attached hydrogen (secondary N) is 1. The van der Waals surface area contributed by atoms with Crippen molar-refractivity contribution in [3.05, 3.63) is 29.6 Å². The van der Waals surface area contributed by atoms with Crippen molar-refractivity contribution in [2.24, 2.45) is 0 Å². The summed E-state index contributed by atoms with van der Waals surface area (Å²) in [6.07, 6.45) is -4.67. The normalized spacial score (nSPS) is 11.0. The Morgan fingerprint density at radius 1 is 1.38 bits per heavy atom. The van der Waals surface area contributed by atoms with Crippen molar-refractivity contribution in [1.29, 1.82) is 0 Å². The third-order valence-electron chi connectivity index (χ3n) is 2.35. The number of carbonyl (C=O) groups is 2. The van der Waals surface area contributed by atoms with Crippen molar-refractivity contribution >= 4 is 12.0 Å². The van der Waals surface area contributed by atoms with Gasteiger partial charge in [0.2, 0.25) is 0 Å². The molecule has 0 radical (unpaired) electrons. The molecular weight excluding hydrogens is 291 g/mol. The van der Waals surface area contributed by atoms with E-state index in [4.69, 9.17) is 5.11 Å². The first-order valence-electron chi connectivity index (χ1n) is 5.91. The lowest BCUT2D eigenvalue weighted by molar-refractivity contribution is -0.148. The average Bonchev–Trinajstić information content (AvgIpc) is 2.33. The Morgan fingerprint density at radius 2 is 2.05 bits per heavy atom. The molecule has 116 valence electrons. The Hall–Kier alpha value is -2.32. The minimum absolute atomic E-state index is 0.0888. The molecule has 1 heterocycles. The first-order chi connectivity index (χ1) is 9.67. The third kappa shape index (κ3) is 6.59. The maximum atomic E-state index is 12.3. The fraction of sp³-hybridized carbons (Fsp3) is 0.417. The fourth-order valence-electron chi connectivity index (χ4n) is 1.56. The zero-order valence-electron chi connectivity index (χ0n) is 11.1. The lowest BCUT2D eigenvalue weighted by Gasteiger charge is -2.22. The van der Waals surface area contributed by atoms with Crippen LogP contribution in [0.4, 0.5) is 18.0 Å². The van der Waals surface area contributed by atoms with Crippen molar-refractivity contribution in [3.63, 3.8) is 0 Å². The Kier molecular flexibility index (Phi) is 5.51. The molecule has 0 aliphatic heterocycles. The molecule has 0 spiro atoms. The van der Waals surface area contributed by atoms with Gasteiger partial charge in [0, 0.05) is 5.69 Å². The predicted molar refractivity (Wildman–Crippen MR) is 66.5 cm³/mol. The zero-order chi connectivity index (χ0) is 16.0. The number of hydrogen-bond donors (Lipinski definition) is 2. The molecule has 21 heavy (non-hydrogen) atoms. The Balaban J connectivity index is 2.65. The Bertz CT molecular complexity index is 520. The minimum atomic E-state index is -4.67. The number of amides is 2. The van der Waals surface area contributed by atoms with Gasteiger partial charge < -0.3 is 15.3 Å². The number of carboxylic acid groups (broad SMARTS) is 1. The molecule has 0 saturated heterocycles. The van der Waals surface area contributed by atoms with Gasteiger partial charge in [0.05, 0.1) is 12.2 Å². The number of urea groups is 1. The molecule has 0 unspecified atom stereocenters. The molecule has 1 aromatic rings. The van der Waals surface area contributed by atoms with E-state index in [1.807, 2.05) is 0 Å². The highest BCUT2D eigenvalue weighted by molar-refractivity contribution is 5.80. The number of carboxylic acids is 1. The van der Waals surface area contributed by atoms with Crippen LogP contribution in [0, 0.1) is 6.92 Å². The van der Waals surface area contributed by atoms with Crippen LogP contribution in [0.1, 0.15) is 11.4 Å². The second-order valence-corrected chi connectivity index (χ2v) is 4.29. The Labute approximate surface area is 118 Å². The van der Waals surface area contributed by atoms with E-state index in [0.29, 0.717) is 11.4 Å². The average molecular weight is 305 g/mol. The molecule has 0 atom stereocenters. The van der Waals surface area contributed by atoms with Crippen LogP contribution in [0.2, 0.25) is 0 Å². The lowest BCUT2D eigenvalue weighted by atomic mass is 10.3. The van der Waals surface area contributed by atoms with E-state index in [0.717, 1.165) is 0 Å². The van der Waals surface area contributed by atoms with Gasteiger partial charge in [0.25, 0.3) is 0 Å². The summed E-state index contributed by atoms with van der Waals surface area (Å²) in [7, 11) is 0. The second kappa shape index (κ2) is 6.91. The van der Waals surface area contributed by atoms with E-state index in [-0.39, 0.29) is 11.4 Å². The summed E-state index contributed by atoms with van der Waals surface area (Å²) < 4.78 is 36.9. The molecule has 0 aromatic carbocycles. The third-order valence-corrected chi connectivity index (χ3v) is 2.35. The Morgan fingerprint density at radius 3 is 2.57 bits per heavy atom. The second-order valence-electron chi connectivity index (χ2n) is 4.29. The van der Waals surface area contributed by atoms with E-state index in [1.54, 1.807) is 25.1 Å². The highest BCUT2D eigenvalue weighted by Gasteiger charge is 2.33. The smallest absolute Gasteiger partial charge is 0.406 e. The zero-order valence-corrected chi connectivity index (χ0v) is 11.1. The number of aromatic nitrogens is 1.